The summed E-state index contributed by atoms with van der Waals surface area (Å²) in [6.45, 7) is 4.21. The molecule has 3 aromatic rings. The average molecular weight is 388 g/mol. The number of aryl methyl sites for hydroxylation is 1. The molecule has 0 bridgehead atoms. The Balaban J connectivity index is 1.82. The molecule has 3 rings (SSSR count). The van der Waals surface area contributed by atoms with Gasteiger partial charge >= 0.3 is 6.18 Å². The Hall–Kier alpha value is -3.29. The van der Waals surface area contributed by atoms with Crippen molar-refractivity contribution in [3.8, 4) is 5.75 Å². The van der Waals surface area contributed by atoms with Gasteiger partial charge in [0, 0.05) is 17.4 Å². The third-order valence-electron chi connectivity index (χ3n) is 3.77. The number of rotatable bonds is 6. The van der Waals surface area contributed by atoms with Crippen LogP contribution in [0.3, 0.4) is 0 Å². The summed E-state index contributed by atoms with van der Waals surface area (Å²) in [5, 5.41) is 5.79. The largest absolute Gasteiger partial charge is 0.494 e. The number of halogens is 3. The van der Waals surface area contributed by atoms with Crippen LogP contribution in [0.5, 0.6) is 5.75 Å². The molecule has 1 heterocycles. The molecule has 0 unspecified atom stereocenters. The normalized spacial score (nSPS) is 11.2. The molecule has 0 saturated carbocycles. The van der Waals surface area contributed by atoms with E-state index in [9.17, 15) is 13.2 Å². The van der Waals surface area contributed by atoms with Crippen LogP contribution in [0.15, 0.2) is 54.6 Å². The van der Waals surface area contributed by atoms with Crippen LogP contribution in [-0.2, 0) is 6.18 Å². The first-order valence-electron chi connectivity index (χ1n) is 8.64. The number of aromatic nitrogens is 2. The second-order valence-electron chi connectivity index (χ2n) is 5.97. The predicted molar refractivity (Wildman–Crippen MR) is 102 cm³/mol. The molecule has 0 radical (unpaired) electrons. The topological polar surface area (TPSA) is 59.1 Å². The van der Waals surface area contributed by atoms with Crippen molar-refractivity contribution in [1.29, 1.82) is 0 Å². The second-order valence-corrected chi connectivity index (χ2v) is 5.97. The lowest BCUT2D eigenvalue weighted by Crippen LogP contribution is -2.09. The number of hydrogen-bond donors (Lipinski definition) is 2. The number of para-hydroxylation sites is 1. The standard InChI is InChI=1S/C20H19F3N4O/c1-3-28-15-10-8-14(9-11-15)25-19-24-13(2)12-18(27-19)26-17-7-5-4-6-16(17)20(21,22)23/h4-12H,3H2,1-2H3,(H2,24,25,26,27). The Kier molecular flexibility index (Phi) is 5.67. The first-order chi connectivity index (χ1) is 13.3. The highest BCUT2D eigenvalue weighted by atomic mass is 19.4. The fourth-order valence-corrected chi connectivity index (χ4v) is 2.60. The predicted octanol–water partition coefficient (Wildman–Crippen LogP) is 5.69. The van der Waals surface area contributed by atoms with Gasteiger partial charge in [0.2, 0.25) is 5.95 Å². The van der Waals surface area contributed by atoms with E-state index in [0.29, 0.717) is 12.3 Å². The zero-order chi connectivity index (χ0) is 20.1. The van der Waals surface area contributed by atoms with Crippen LogP contribution in [0.1, 0.15) is 18.2 Å². The Morgan fingerprint density at radius 1 is 0.964 bits per heavy atom. The Morgan fingerprint density at radius 3 is 2.36 bits per heavy atom. The van der Waals surface area contributed by atoms with E-state index in [1.165, 1.54) is 18.2 Å². The van der Waals surface area contributed by atoms with E-state index in [0.717, 1.165) is 17.5 Å². The van der Waals surface area contributed by atoms with Gasteiger partial charge in [-0.3, -0.25) is 0 Å². The molecule has 0 aliphatic carbocycles. The lowest BCUT2D eigenvalue weighted by molar-refractivity contribution is -0.136. The van der Waals surface area contributed by atoms with Crippen LogP contribution >= 0.6 is 0 Å². The quantitative estimate of drug-likeness (QED) is 0.568. The molecule has 0 amide bonds. The SMILES string of the molecule is CCOc1ccc(Nc2nc(C)cc(Nc3ccccc3C(F)(F)F)n2)cc1. The highest BCUT2D eigenvalue weighted by Crippen LogP contribution is 2.35. The summed E-state index contributed by atoms with van der Waals surface area (Å²) in [7, 11) is 0. The number of benzene rings is 2. The van der Waals surface area contributed by atoms with Crippen molar-refractivity contribution in [2.75, 3.05) is 17.2 Å². The molecule has 0 saturated heterocycles. The molecule has 28 heavy (non-hydrogen) atoms. The average Bonchev–Trinajstić information content (AvgIpc) is 2.63. The van der Waals surface area contributed by atoms with Crippen LogP contribution in [0.2, 0.25) is 0 Å². The van der Waals surface area contributed by atoms with Crippen LogP contribution in [0, 0.1) is 6.92 Å². The van der Waals surface area contributed by atoms with E-state index < -0.39 is 11.7 Å². The van der Waals surface area contributed by atoms with E-state index in [2.05, 4.69) is 20.6 Å². The van der Waals surface area contributed by atoms with Crippen molar-refractivity contribution in [2.24, 2.45) is 0 Å². The van der Waals surface area contributed by atoms with Gasteiger partial charge in [0.15, 0.2) is 0 Å². The van der Waals surface area contributed by atoms with E-state index in [-0.39, 0.29) is 17.5 Å². The summed E-state index contributed by atoms with van der Waals surface area (Å²) in [6.07, 6.45) is -4.46. The third-order valence-corrected chi connectivity index (χ3v) is 3.77. The molecule has 0 atom stereocenters. The minimum absolute atomic E-state index is 0.0693. The first-order valence-corrected chi connectivity index (χ1v) is 8.64. The van der Waals surface area contributed by atoms with E-state index in [1.54, 1.807) is 25.1 Å². The Bertz CT molecular complexity index is 943. The first kappa shape index (κ1) is 19.5. The second kappa shape index (κ2) is 8.16. The van der Waals surface area contributed by atoms with Crippen LogP contribution in [0.4, 0.5) is 36.3 Å². The number of alkyl halides is 3. The molecule has 5 nitrogen and oxygen atoms in total. The molecule has 1 aromatic heterocycles. The molecule has 0 fully saturated rings. The van der Waals surface area contributed by atoms with Gasteiger partial charge in [0.25, 0.3) is 0 Å². The highest BCUT2D eigenvalue weighted by Gasteiger charge is 2.33. The Labute approximate surface area is 160 Å². The van der Waals surface area contributed by atoms with Gasteiger partial charge in [-0.25, -0.2) is 4.98 Å². The van der Waals surface area contributed by atoms with E-state index >= 15 is 0 Å². The van der Waals surface area contributed by atoms with Crippen molar-refractivity contribution in [3.05, 3.63) is 65.9 Å². The van der Waals surface area contributed by atoms with Gasteiger partial charge in [-0.05, 0) is 50.2 Å². The zero-order valence-corrected chi connectivity index (χ0v) is 15.3. The molecule has 0 aliphatic heterocycles. The minimum Gasteiger partial charge on any atom is -0.494 e. The molecular formula is C20H19F3N4O. The summed E-state index contributed by atoms with van der Waals surface area (Å²) in [5.41, 5.74) is 0.513. The molecule has 8 heteroatoms. The number of nitrogens with one attached hydrogen (secondary N) is 2. The number of nitrogens with zero attached hydrogens (tertiary/aromatic N) is 2. The third kappa shape index (κ3) is 4.91. The van der Waals surface area contributed by atoms with E-state index in [1.807, 2.05) is 19.1 Å². The van der Waals surface area contributed by atoms with E-state index in [4.69, 9.17) is 4.74 Å². The van der Waals surface area contributed by atoms with Crippen LogP contribution in [0.25, 0.3) is 0 Å². The maximum absolute atomic E-state index is 13.2. The molecule has 0 aliphatic rings. The van der Waals surface area contributed by atoms with Gasteiger partial charge in [0.1, 0.15) is 11.6 Å². The molecule has 146 valence electrons. The van der Waals surface area contributed by atoms with Gasteiger partial charge in [-0.1, -0.05) is 12.1 Å². The highest BCUT2D eigenvalue weighted by molar-refractivity contribution is 5.63. The molecule has 0 spiro atoms. The fraction of sp³-hybridized carbons (Fsp3) is 0.200. The number of anilines is 4. The van der Waals surface area contributed by atoms with Gasteiger partial charge in [-0.15, -0.1) is 0 Å². The zero-order valence-electron chi connectivity index (χ0n) is 15.3. The lowest BCUT2D eigenvalue weighted by Gasteiger charge is -2.15. The van der Waals surface area contributed by atoms with Crippen molar-refractivity contribution in [1.82, 2.24) is 9.97 Å². The maximum atomic E-state index is 13.2. The smallest absolute Gasteiger partial charge is 0.418 e. The van der Waals surface area contributed by atoms with Gasteiger partial charge in [0.05, 0.1) is 17.9 Å². The van der Waals surface area contributed by atoms with Gasteiger partial charge in [-0.2, -0.15) is 18.2 Å². The summed E-state index contributed by atoms with van der Waals surface area (Å²) in [5.74, 6) is 1.28. The minimum atomic E-state index is -4.46. The molecular weight excluding hydrogens is 369 g/mol. The van der Waals surface area contributed by atoms with Crippen molar-refractivity contribution < 1.29 is 17.9 Å². The monoisotopic (exact) mass is 388 g/mol. The summed E-state index contributed by atoms with van der Waals surface area (Å²) in [4.78, 5) is 8.56. The number of hydrogen-bond acceptors (Lipinski definition) is 5. The van der Waals surface area contributed by atoms with Crippen molar-refractivity contribution in [2.45, 2.75) is 20.0 Å². The van der Waals surface area contributed by atoms with Crippen molar-refractivity contribution in [3.63, 3.8) is 0 Å². The summed E-state index contributed by atoms with van der Waals surface area (Å²) in [6, 6.07) is 14.1. The lowest BCUT2D eigenvalue weighted by atomic mass is 10.1. The Morgan fingerprint density at radius 2 is 1.68 bits per heavy atom. The fourth-order valence-electron chi connectivity index (χ4n) is 2.60. The summed E-state index contributed by atoms with van der Waals surface area (Å²) >= 11 is 0. The van der Waals surface area contributed by atoms with Crippen LogP contribution in [-0.4, -0.2) is 16.6 Å². The maximum Gasteiger partial charge on any atom is 0.418 e. The number of ether oxygens (including phenoxy) is 1. The summed E-state index contributed by atoms with van der Waals surface area (Å²) < 4.78 is 45.0. The van der Waals surface area contributed by atoms with Gasteiger partial charge < -0.3 is 15.4 Å². The molecule has 2 aromatic carbocycles. The molecule has 2 N–H and O–H groups in total. The van der Waals surface area contributed by atoms with Crippen molar-refractivity contribution >= 4 is 23.1 Å². The van der Waals surface area contributed by atoms with Crippen LogP contribution < -0.4 is 15.4 Å².